The van der Waals surface area contributed by atoms with Gasteiger partial charge in [-0.2, -0.15) is 0 Å². The van der Waals surface area contributed by atoms with Gasteiger partial charge in [0, 0.05) is 12.1 Å². The fourth-order valence-electron chi connectivity index (χ4n) is 4.44. The molecule has 7 nitrogen and oxygen atoms in total. The van der Waals surface area contributed by atoms with Gasteiger partial charge in [-0.05, 0) is 44.4 Å². The first-order valence-corrected chi connectivity index (χ1v) is 11.6. The highest BCUT2D eigenvalue weighted by molar-refractivity contribution is 6.08. The van der Waals surface area contributed by atoms with Gasteiger partial charge < -0.3 is 14.0 Å². The fraction of sp³-hybridized carbons (Fsp3) is 0.423. The first-order chi connectivity index (χ1) is 16.0. The quantitative estimate of drug-likeness (QED) is 0.371. The van der Waals surface area contributed by atoms with Crippen molar-refractivity contribution in [1.82, 2.24) is 9.55 Å². The van der Waals surface area contributed by atoms with Crippen LogP contribution in [0, 0.1) is 11.8 Å². The van der Waals surface area contributed by atoms with Crippen molar-refractivity contribution in [2.45, 2.75) is 40.2 Å². The summed E-state index contributed by atoms with van der Waals surface area (Å²) in [6.07, 6.45) is 0.796. The molecule has 1 amide bonds. The predicted molar refractivity (Wildman–Crippen MR) is 127 cm³/mol. The Balaban J connectivity index is 1.98. The number of ether oxygens (including phenoxy) is 2. The molecule has 3 aromatic rings. The fourth-order valence-corrected chi connectivity index (χ4v) is 4.44. The normalized spacial score (nSPS) is 18.0. The summed E-state index contributed by atoms with van der Waals surface area (Å²) in [4.78, 5) is 33.6. The lowest BCUT2D eigenvalue weighted by Gasteiger charge is -2.38. The van der Waals surface area contributed by atoms with Crippen molar-refractivity contribution in [2.24, 2.45) is 11.8 Å². The van der Waals surface area contributed by atoms with E-state index >= 15 is 0 Å². The zero-order valence-electron chi connectivity index (χ0n) is 19.7. The maximum absolute atomic E-state index is 13.9. The summed E-state index contributed by atoms with van der Waals surface area (Å²) in [6.45, 7) is 9.05. The van der Waals surface area contributed by atoms with Crippen LogP contribution in [-0.2, 0) is 14.3 Å². The van der Waals surface area contributed by atoms with Gasteiger partial charge >= 0.3 is 5.97 Å². The van der Waals surface area contributed by atoms with Crippen LogP contribution in [0.5, 0.6) is 5.75 Å². The molecule has 0 N–H and O–H groups in total. The van der Waals surface area contributed by atoms with Crippen LogP contribution in [-0.4, -0.2) is 41.2 Å². The molecule has 0 fully saturated rings. The number of aromatic nitrogens is 2. The van der Waals surface area contributed by atoms with Crippen LogP contribution >= 0.6 is 0 Å². The van der Waals surface area contributed by atoms with E-state index in [-0.39, 0.29) is 12.5 Å². The lowest BCUT2D eigenvalue weighted by molar-refractivity contribution is -0.153. The number of imidazole rings is 1. The third-order valence-corrected chi connectivity index (χ3v) is 5.95. The number of carbonyl (C=O) groups is 2. The van der Waals surface area contributed by atoms with E-state index in [1.54, 1.807) is 11.8 Å². The zero-order chi connectivity index (χ0) is 23.5. The average molecular weight is 450 g/mol. The molecule has 2 aromatic carbocycles. The molecule has 0 saturated carbocycles. The van der Waals surface area contributed by atoms with Crippen LogP contribution in [0.1, 0.15) is 45.7 Å². The van der Waals surface area contributed by atoms with Crippen LogP contribution in [0.15, 0.2) is 48.5 Å². The van der Waals surface area contributed by atoms with Gasteiger partial charge in [0.05, 0.1) is 30.3 Å². The summed E-state index contributed by atoms with van der Waals surface area (Å²) in [5, 5.41) is 0. The van der Waals surface area contributed by atoms with E-state index in [1.807, 2.05) is 60.0 Å². The number of rotatable bonds is 8. The summed E-state index contributed by atoms with van der Waals surface area (Å²) in [7, 11) is 0. The minimum absolute atomic E-state index is 0.200. The Morgan fingerprint density at radius 3 is 2.52 bits per heavy atom. The molecule has 0 unspecified atom stereocenters. The second kappa shape index (κ2) is 9.65. The molecule has 4 rings (SSSR count). The first kappa shape index (κ1) is 22.8. The van der Waals surface area contributed by atoms with Crippen LogP contribution in [0.3, 0.4) is 0 Å². The highest BCUT2D eigenvalue weighted by atomic mass is 16.5. The molecule has 0 saturated heterocycles. The van der Waals surface area contributed by atoms with Crippen molar-refractivity contribution in [3.05, 3.63) is 54.1 Å². The summed E-state index contributed by atoms with van der Waals surface area (Å²) in [6, 6.07) is 14.7. The van der Waals surface area contributed by atoms with Gasteiger partial charge in [-0.1, -0.05) is 44.2 Å². The number of anilines is 1. The van der Waals surface area contributed by atoms with Crippen LogP contribution in [0.4, 0.5) is 5.95 Å². The third-order valence-electron chi connectivity index (χ3n) is 5.95. The molecule has 0 radical (unpaired) electrons. The topological polar surface area (TPSA) is 73.7 Å². The Bertz CT molecular complexity index is 1150. The van der Waals surface area contributed by atoms with E-state index < -0.39 is 17.9 Å². The van der Waals surface area contributed by atoms with E-state index in [4.69, 9.17) is 14.5 Å². The maximum Gasteiger partial charge on any atom is 0.321 e. The Hall–Kier alpha value is -3.35. The average Bonchev–Trinajstić information content (AvgIpc) is 3.17. The lowest BCUT2D eigenvalue weighted by Crippen LogP contribution is -2.50. The van der Waals surface area contributed by atoms with E-state index in [0.717, 1.165) is 23.0 Å². The number of benzene rings is 2. The molecule has 2 heterocycles. The predicted octanol–water partition coefficient (Wildman–Crippen LogP) is 4.60. The monoisotopic (exact) mass is 449 g/mol. The Labute approximate surface area is 194 Å². The molecular formula is C26H31N3O4. The first-order valence-electron chi connectivity index (χ1n) is 11.6. The van der Waals surface area contributed by atoms with Crippen molar-refractivity contribution in [1.29, 1.82) is 0 Å². The molecule has 1 aromatic heterocycles. The van der Waals surface area contributed by atoms with Crippen LogP contribution < -0.4 is 9.64 Å². The SMILES string of the molecule is CCOC(=O)[C@H]1C(=O)N(CCC(C)C)c2nc3ccccc3n2[C@@H]1c1ccccc1OCC. The van der Waals surface area contributed by atoms with Gasteiger partial charge in [0.25, 0.3) is 0 Å². The van der Waals surface area contributed by atoms with Crippen molar-refractivity contribution in [3.63, 3.8) is 0 Å². The number of esters is 1. The van der Waals surface area contributed by atoms with Crippen molar-refractivity contribution in [2.75, 3.05) is 24.7 Å². The number of hydrogen-bond acceptors (Lipinski definition) is 5. The standard InChI is InChI=1S/C26H31N3O4/c1-5-32-21-14-10-7-11-18(21)23-22(25(31)33-6-2)24(30)28(16-15-17(3)4)26-27-19-12-8-9-13-20(19)29(23)26/h7-14,17,22-23H,5-6,15-16H2,1-4H3/t22-,23-/m1/s1. The van der Waals surface area contributed by atoms with Crippen LogP contribution in [0.25, 0.3) is 11.0 Å². The summed E-state index contributed by atoms with van der Waals surface area (Å²) in [5.74, 6) is -0.257. The van der Waals surface area contributed by atoms with E-state index in [9.17, 15) is 9.59 Å². The van der Waals surface area contributed by atoms with Gasteiger partial charge in [-0.15, -0.1) is 0 Å². The molecule has 1 aliphatic rings. The van der Waals surface area contributed by atoms with E-state index in [1.165, 1.54) is 0 Å². The minimum atomic E-state index is -1.04. The number of fused-ring (bicyclic) bond motifs is 3. The molecule has 1 aliphatic heterocycles. The van der Waals surface area contributed by atoms with Crippen LogP contribution in [0.2, 0.25) is 0 Å². The Kier molecular flexibility index (Phi) is 6.67. The smallest absolute Gasteiger partial charge is 0.321 e. The summed E-state index contributed by atoms with van der Waals surface area (Å²) in [5.41, 5.74) is 2.40. The number of amides is 1. The van der Waals surface area contributed by atoms with Gasteiger partial charge in [0.2, 0.25) is 11.9 Å². The molecule has 2 atom stereocenters. The molecule has 174 valence electrons. The summed E-state index contributed by atoms with van der Waals surface area (Å²) >= 11 is 0. The number of nitrogens with zero attached hydrogens (tertiary/aromatic N) is 3. The number of hydrogen-bond donors (Lipinski definition) is 0. The molecule has 0 spiro atoms. The van der Waals surface area contributed by atoms with Gasteiger partial charge in [0.1, 0.15) is 5.75 Å². The highest BCUT2D eigenvalue weighted by Gasteiger charge is 2.48. The second-order valence-electron chi connectivity index (χ2n) is 8.59. The van der Waals surface area contributed by atoms with E-state index in [2.05, 4.69) is 13.8 Å². The summed E-state index contributed by atoms with van der Waals surface area (Å²) < 4.78 is 13.3. The van der Waals surface area contributed by atoms with Gasteiger partial charge in [-0.3, -0.25) is 14.5 Å². The third kappa shape index (κ3) is 4.19. The molecule has 7 heteroatoms. The zero-order valence-corrected chi connectivity index (χ0v) is 19.7. The largest absolute Gasteiger partial charge is 0.494 e. The molecule has 0 bridgehead atoms. The number of para-hydroxylation sites is 3. The molecule has 33 heavy (non-hydrogen) atoms. The Morgan fingerprint density at radius 1 is 1.06 bits per heavy atom. The van der Waals surface area contributed by atoms with E-state index in [0.29, 0.717) is 30.8 Å². The van der Waals surface area contributed by atoms with Crippen molar-refractivity contribution >= 4 is 28.9 Å². The lowest BCUT2D eigenvalue weighted by atomic mass is 9.88. The van der Waals surface area contributed by atoms with Gasteiger partial charge in [0.15, 0.2) is 5.92 Å². The molecular weight excluding hydrogens is 418 g/mol. The maximum atomic E-state index is 13.9. The van der Waals surface area contributed by atoms with Crippen molar-refractivity contribution in [3.8, 4) is 5.75 Å². The van der Waals surface area contributed by atoms with Gasteiger partial charge in [-0.25, -0.2) is 4.98 Å². The van der Waals surface area contributed by atoms with Crippen molar-refractivity contribution < 1.29 is 19.1 Å². The number of carbonyl (C=O) groups excluding carboxylic acids is 2. The minimum Gasteiger partial charge on any atom is -0.494 e. The second-order valence-corrected chi connectivity index (χ2v) is 8.59. The Morgan fingerprint density at radius 2 is 1.79 bits per heavy atom. The highest BCUT2D eigenvalue weighted by Crippen LogP contribution is 2.44. The molecule has 0 aliphatic carbocycles.